The van der Waals surface area contributed by atoms with Gasteiger partial charge >= 0.3 is 0 Å². The Morgan fingerprint density at radius 2 is 1.26 bits per heavy atom. The monoisotopic (exact) mass is 366 g/mol. The lowest BCUT2D eigenvalue weighted by atomic mass is 10.0. The normalized spacial score (nSPS) is 24.9. The summed E-state index contributed by atoms with van der Waals surface area (Å²) in [6.45, 7) is 6.80. The first-order valence-corrected chi connectivity index (χ1v) is 10.0. The zero-order chi connectivity index (χ0) is 19.1. The highest BCUT2D eigenvalue weighted by Gasteiger charge is 2.23. The number of rotatable bonds is 2. The molecular formula is C23H34N4. The van der Waals surface area contributed by atoms with E-state index >= 15 is 0 Å². The molecule has 0 amide bonds. The van der Waals surface area contributed by atoms with Gasteiger partial charge in [-0.2, -0.15) is 0 Å². The van der Waals surface area contributed by atoms with Crippen LogP contribution in [0.3, 0.4) is 0 Å². The van der Waals surface area contributed by atoms with Gasteiger partial charge in [-0.1, -0.05) is 60.7 Å². The summed E-state index contributed by atoms with van der Waals surface area (Å²) in [4.78, 5) is 7.25. The third-order valence-corrected chi connectivity index (χ3v) is 5.73. The lowest BCUT2D eigenvalue weighted by molar-refractivity contribution is 0.115. The molecule has 146 valence electrons. The van der Waals surface area contributed by atoms with E-state index in [-0.39, 0.29) is 0 Å². The van der Waals surface area contributed by atoms with Crippen LogP contribution >= 0.6 is 0 Å². The molecule has 2 aromatic carbocycles. The number of nitrogens with one attached hydrogen (secondary N) is 1. The smallest absolute Gasteiger partial charge is 0.0472 e. The van der Waals surface area contributed by atoms with Crippen LogP contribution in [0.4, 0.5) is 0 Å². The molecule has 2 aliphatic heterocycles. The summed E-state index contributed by atoms with van der Waals surface area (Å²) in [5.74, 6) is 0. The van der Waals surface area contributed by atoms with Crippen molar-refractivity contribution in [3.63, 3.8) is 0 Å². The van der Waals surface area contributed by atoms with Gasteiger partial charge in [0.25, 0.3) is 0 Å². The molecule has 2 heterocycles. The van der Waals surface area contributed by atoms with Crippen LogP contribution in [-0.4, -0.2) is 75.1 Å². The fourth-order valence-electron chi connectivity index (χ4n) is 3.90. The molecular weight excluding hydrogens is 332 g/mol. The number of hydrogen-bond donors (Lipinski definition) is 1. The van der Waals surface area contributed by atoms with E-state index in [4.69, 9.17) is 0 Å². The Labute approximate surface area is 164 Å². The Balaban J connectivity index is 0.000000156. The second-order valence-corrected chi connectivity index (χ2v) is 7.78. The summed E-state index contributed by atoms with van der Waals surface area (Å²) >= 11 is 0. The fraction of sp³-hybridized carbons (Fsp3) is 0.478. The first-order valence-electron chi connectivity index (χ1n) is 10.0. The Kier molecular flexibility index (Phi) is 7.41. The maximum absolute atomic E-state index is 3.42. The molecule has 0 spiro atoms. The first kappa shape index (κ1) is 20.0. The quantitative estimate of drug-likeness (QED) is 0.882. The molecule has 2 unspecified atom stereocenters. The molecule has 0 saturated carbocycles. The Hall–Kier alpha value is -1.72. The van der Waals surface area contributed by atoms with E-state index in [1.807, 2.05) is 0 Å². The molecule has 0 bridgehead atoms. The van der Waals surface area contributed by atoms with Crippen LogP contribution in [0.15, 0.2) is 60.7 Å². The van der Waals surface area contributed by atoms with Gasteiger partial charge in [0.05, 0.1) is 0 Å². The summed E-state index contributed by atoms with van der Waals surface area (Å²) in [6, 6.07) is 22.6. The zero-order valence-corrected chi connectivity index (χ0v) is 17.0. The van der Waals surface area contributed by atoms with E-state index in [1.165, 1.54) is 17.7 Å². The van der Waals surface area contributed by atoms with Crippen molar-refractivity contribution in [2.45, 2.75) is 12.1 Å². The third kappa shape index (κ3) is 5.63. The first-order chi connectivity index (χ1) is 13.1. The van der Waals surface area contributed by atoms with Gasteiger partial charge in [0, 0.05) is 51.4 Å². The van der Waals surface area contributed by atoms with Gasteiger partial charge in [-0.3, -0.25) is 9.80 Å². The van der Waals surface area contributed by atoms with Crippen LogP contribution in [0, 0.1) is 0 Å². The number of piperazine rings is 2. The molecule has 27 heavy (non-hydrogen) atoms. The lowest BCUT2D eigenvalue weighted by Crippen LogP contribution is -2.44. The molecule has 2 aromatic rings. The molecule has 2 fully saturated rings. The van der Waals surface area contributed by atoms with Crippen LogP contribution in [0.5, 0.6) is 0 Å². The molecule has 4 heteroatoms. The molecule has 2 aliphatic rings. The van der Waals surface area contributed by atoms with E-state index in [2.05, 4.69) is 102 Å². The summed E-state index contributed by atoms with van der Waals surface area (Å²) in [5.41, 5.74) is 2.85. The highest BCUT2D eigenvalue weighted by atomic mass is 15.3. The molecule has 1 N–H and O–H groups in total. The largest absolute Gasteiger partial charge is 0.314 e. The topological polar surface area (TPSA) is 21.8 Å². The molecule has 0 aliphatic carbocycles. The van der Waals surface area contributed by atoms with Crippen LogP contribution in [0.25, 0.3) is 0 Å². The van der Waals surface area contributed by atoms with Gasteiger partial charge in [-0.25, -0.2) is 0 Å². The van der Waals surface area contributed by atoms with Gasteiger partial charge in [-0.15, -0.1) is 0 Å². The van der Waals surface area contributed by atoms with Crippen molar-refractivity contribution < 1.29 is 0 Å². The van der Waals surface area contributed by atoms with E-state index in [1.54, 1.807) is 0 Å². The summed E-state index contributed by atoms with van der Waals surface area (Å²) in [5, 5.41) is 3.42. The second kappa shape index (κ2) is 10.00. The molecule has 4 nitrogen and oxygen atoms in total. The Morgan fingerprint density at radius 1 is 0.704 bits per heavy atom. The number of hydrogen-bond acceptors (Lipinski definition) is 4. The standard InChI is InChI=1S/C12H18N2.C11H16N2/c1-13-8-9-14(2)12(10-13)11-6-4-3-5-7-11;1-13-8-7-12-9-11(13)10-5-3-2-4-6-10/h3-7,12H,8-10H2,1-2H3;2-6,11-12H,7-9H2,1H3. The van der Waals surface area contributed by atoms with E-state index < -0.39 is 0 Å². The Morgan fingerprint density at radius 3 is 1.85 bits per heavy atom. The number of likely N-dealkylation sites (N-methyl/N-ethyl adjacent to an activating group) is 3. The van der Waals surface area contributed by atoms with Crippen molar-refractivity contribution in [3.8, 4) is 0 Å². The highest BCUT2D eigenvalue weighted by Crippen LogP contribution is 2.22. The van der Waals surface area contributed by atoms with Crippen LogP contribution in [-0.2, 0) is 0 Å². The van der Waals surface area contributed by atoms with Crippen LogP contribution in [0.1, 0.15) is 23.2 Å². The molecule has 0 aromatic heterocycles. The number of nitrogens with zero attached hydrogens (tertiary/aromatic N) is 3. The van der Waals surface area contributed by atoms with Crippen LogP contribution < -0.4 is 5.32 Å². The lowest BCUT2D eigenvalue weighted by Gasteiger charge is -2.37. The minimum absolute atomic E-state index is 0.551. The minimum Gasteiger partial charge on any atom is -0.314 e. The predicted molar refractivity (Wildman–Crippen MR) is 114 cm³/mol. The molecule has 4 rings (SSSR count). The van der Waals surface area contributed by atoms with Gasteiger partial charge < -0.3 is 10.2 Å². The summed E-state index contributed by atoms with van der Waals surface area (Å²) < 4.78 is 0. The third-order valence-electron chi connectivity index (χ3n) is 5.73. The fourth-order valence-corrected chi connectivity index (χ4v) is 3.90. The van der Waals surface area contributed by atoms with Crippen molar-refractivity contribution in [2.24, 2.45) is 0 Å². The van der Waals surface area contributed by atoms with Crippen molar-refractivity contribution in [2.75, 3.05) is 60.4 Å². The van der Waals surface area contributed by atoms with Gasteiger partial charge in [-0.05, 0) is 32.3 Å². The second-order valence-electron chi connectivity index (χ2n) is 7.78. The van der Waals surface area contributed by atoms with E-state index in [9.17, 15) is 0 Å². The van der Waals surface area contributed by atoms with Gasteiger partial charge in [0.2, 0.25) is 0 Å². The maximum atomic E-state index is 3.42. The van der Waals surface area contributed by atoms with Crippen molar-refractivity contribution >= 4 is 0 Å². The van der Waals surface area contributed by atoms with Gasteiger partial charge in [0.15, 0.2) is 0 Å². The predicted octanol–water partition coefficient (Wildman–Crippen LogP) is 2.87. The SMILES string of the molecule is CN1CCN(C)C(c2ccccc2)C1.CN1CCNCC1c1ccccc1. The van der Waals surface area contributed by atoms with Crippen molar-refractivity contribution in [1.29, 1.82) is 0 Å². The van der Waals surface area contributed by atoms with Crippen molar-refractivity contribution in [1.82, 2.24) is 20.0 Å². The summed E-state index contributed by atoms with van der Waals surface area (Å²) in [7, 11) is 6.60. The van der Waals surface area contributed by atoms with Gasteiger partial charge in [0.1, 0.15) is 0 Å². The Bertz CT molecular complexity index is 661. The van der Waals surface area contributed by atoms with Crippen molar-refractivity contribution in [3.05, 3.63) is 71.8 Å². The average Bonchev–Trinajstić information content (AvgIpc) is 2.72. The number of benzene rings is 2. The van der Waals surface area contributed by atoms with E-state index in [0.717, 1.165) is 32.7 Å². The molecule has 2 saturated heterocycles. The zero-order valence-electron chi connectivity index (χ0n) is 17.0. The minimum atomic E-state index is 0.551. The average molecular weight is 367 g/mol. The molecule has 2 atom stereocenters. The summed E-state index contributed by atoms with van der Waals surface area (Å²) in [6.07, 6.45) is 0. The molecule has 0 radical (unpaired) electrons. The van der Waals surface area contributed by atoms with E-state index in [0.29, 0.717) is 12.1 Å². The highest BCUT2D eigenvalue weighted by molar-refractivity contribution is 5.20. The van der Waals surface area contributed by atoms with Crippen LogP contribution in [0.2, 0.25) is 0 Å². The maximum Gasteiger partial charge on any atom is 0.0472 e.